The van der Waals surface area contributed by atoms with Crippen molar-refractivity contribution in [2.45, 2.75) is 12.5 Å². The molecule has 0 aliphatic heterocycles. The number of aliphatic hydroxyl groups excluding tert-OH is 1. The molecule has 1 unspecified atom stereocenters. The van der Waals surface area contributed by atoms with Crippen molar-refractivity contribution in [1.82, 2.24) is 9.97 Å². The van der Waals surface area contributed by atoms with Gasteiger partial charge >= 0.3 is 0 Å². The number of nitrogens with zero attached hydrogens (tertiary/aromatic N) is 2. The minimum atomic E-state index is -1.14. The maximum Gasteiger partial charge on any atom is 0.216 e. The molecule has 0 bridgehead atoms. The number of aromatic nitrogens is 2. The van der Waals surface area contributed by atoms with Crippen LogP contribution in [0.1, 0.15) is 17.4 Å². The van der Waals surface area contributed by atoms with Crippen molar-refractivity contribution < 1.29 is 18.6 Å². The second-order valence-corrected chi connectivity index (χ2v) is 3.91. The van der Waals surface area contributed by atoms with Gasteiger partial charge in [-0.05, 0) is 12.1 Å². The summed E-state index contributed by atoms with van der Waals surface area (Å²) in [5, 5.41) is 9.96. The molecule has 0 saturated heterocycles. The summed E-state index contributed by atoms with van der Waals surface area (Å²) in [6, 6.07) is 4.98. The summed E-state index contributed by atoms with van der Waals surface area (Å²) < 4.78 is 31.8. The number of halogens is 2. The number of methoxy groups -OCH3 is 1. The summed E-state index contributed by atoms with van der Waals surface area (Å²) in [5.74, 6) is -1.11. The van der Waals surface area contributed by atoms with Crippen molar-refractivity contribution >= 4 is 0 Å². The van der Waals surface area contributed by atoms with E-state index in [0.717, 1.165) is 12.1 Å². The van der Waals surface area contributed by atoms with Crippen LogP contribution in [0.3, 0.4) is 0 Å². The minimum Gasteiger partial charge on any atom is -0.481 e. The van der Waals surface area contributed by atoms with E-state index in [2.05, 4.69) is 9.97 Å². The number of hydrogen-bond donors (Lipinski definition) is 1. The lowest BCUT2D eigenvalue weighted by molar-refractivity contribution is 0.170. The fourth-order valence-corrected chi connectivity index (χ4v) is 1.67. The van der Waals surface area contributed by atoms with E-state index >= 15 is 0 Å². The Morgan fingerprint density at radius 3 is 2.58 bits per heavy atom. The first kappa shape index (κ1) is 13.4. The highest BCUT2D eigenvalue weighted by atomic mass is 19.1. The van der Waals surface area contributed by atoms with Gasteiger partial charge in [0.05, 0.1) is 12.8 Å². The predicted octanol–water partition coefficient (Wildman–Crippen LogP) is 2.04. The van der Waals surface area contributed by atoms with Crippen molar-refractivity contribution in [2.75, 3.05) is 7.11 Å². The highest BCUT2D eigenvalue weighted by Crippen LogP contribution is 2.22. The Bertz CT molecular complexity index is 558. The van der Waals surface area contributed by atoms with Crippen molar-refractivity contribution in [3.05, 3.63) is 53.5 Å². The molecule has 19 heavy (non-hydrogen) atoms. The fourth-order valence-electron chi connectivity index (χ4n) is 1.67. The second kappa shape index (κ2) is 5.71. The Hall–Kier alpha value is -2.08. The molecule has 0 spiro atoms. The van der Waals surface area contributed by atoms with Crippen LogP contribution in [0.25, 0.3) is 0 Å². The Morgan fingerprint density at radius 1 is 1.26 bits per heavy atom. The van der Waals surface area contributed by atoms with Crippen molar-refractivity contribution in [1.29, 1.82) is 0 Å². The molecule has 2 rings (SSSR count). The molecule has 1 atom stereocenters. The number of hydrogen-bond acceptors (Lipinski definition) is 4. The molecule has 2 aromatic rings. The van der Waals surface area contributed by atoms with Gasteiger partial charge < -0.3 is 9.84 Å². The van der Waals surface area contributed by atoms with Gasteiger partial charge in [-0.25, -0.2) is 18.7 Å². The normalized spacial score (nSPS) is 12.2. The summed E-state index contributed by atoms with van der Waals surface area (Å²) in [5.41, 5.74) is 0.0714. The topological polar surface area (TPSA) is 55.2 Å². The van der Waals surface area contributed by atoms with Crippen LogP contribution in [-0.2, 0) is 6.42 Å². The predicted molar refractivity (Wildman–Crippen MR) is 63.6 cm³/mol. The van der Waals surface area contributed by atoms with Gasteiger partial charge in [0.2, 0.25) is 5.88 Å². The zero-order valence-electron chi connectivity index (χ0n) is 10.2. The van der Waals surface area contributed by atoms with Gasteiger partial charge in [-0.3, -0.25) is 0 Å². The van der Waals surface area contributed by atoms with E-state index in [4.69, 9.17) is 4.74 Å². The van der Waals surface area contributed by atoms with Crippen LogP contribution in [0.2, 0.25) is 0 Å². The average Bonchev–Trinajstić information content (AvgIpc) is 2.43. The molecule has 6 heteroatoms. The zero-order chi connectivity index (χ0) is 13.8. The van der Waals surface area contributed by atoms with Crippen LogP contribution in [0.15, 0.2) is 30.6 Å². The Morgan fingerprint density at radius 2 is 1.95 bits per heavy atom. The third-order valence-electron chi connectivity index (χ3n) is 2.67. The third kappa shape index (κ3) is 3.03. The van der Waals surface area contributed by atoms with Gasteiger partial charge in [0, 0.05) is 18.1 Å². The molecule has 4 nitrogen and oxygen atoms in total. The molecule has 0 saturated carbocycles. The van der Waals surface area contributed by atoms with E-state index in [0.29, 0.717) is 0 Å². The smallest absolute Gasteiger partial charge is 0.216 e. The Labute approximate surface area is 108 Å². The molecular formula is C13H12F2N2O2. The van der Waals surface area contributed by atoms with Gasteiger partial charge in [-0.1, -0.05) is 6.07 Å². The minimum absolute atomic E-state index is 0.174. The maximum absolute atomic E-state index is 13.5. The molecule has 1 aromatic carbocycles. The molecule has 0 aliphatic carbocycles. The molecule has 0 fully saturated rings. The number of ether oxygens (including phenoxy) is 1. The monoisotopic (exact) mass is 266 g/mol. The Kier molecular flexibility index (Phi) is 4.01. The van der Waals surface area contributed by atoms with Crippen LogP contribution in [-0.4, -0.2) is 22.2 Å². The van der Waals surface area contributed by atoms with Gasteiger partial charge in [-0.15, -0.1) is 0 Å². The van der Waals surface area contributed by atoms with E-state index in [1.807, 2.05) is 0 Å². The number of rotatable bonds is 4. The number of aliphatic hydroxyl groups is 1. The molecule has 1 N–H and O–H groups in total. The first-order valence-corrected chi connectivity index (χ1v) is 5.58. The zero-order valence-corrected chi connectivity index (χ0v) is 10.2. The highest BCUT2D eigenvalue weighted by Gasteiger charge is 2.17. The van der Waals surface area contributed by atoms with E-state index in [-0.39, 0.29) is 23.6 Å². The molecule has 0 radical (unpaired) electrons. The van der Waals surface area contributed by atoms with E-state index in [1.54, 1.807) is 0 Å². The van der Waals surface area contributed by atoms with E-state index in [1.165, 1.54) is 25.6 Å². The molecular weight excluding hydrogens is 254 g/mol. The maximum atomic E-state index is 13.5. The van der Waals surface area contributed by atoms with Crippen LogP contribution in [0, 0.1) is 11.6 Å². The van der Waals surface area contributed by atoms with Crippen LogP contribution in [0.5, 0.6) is 5.88 Å². The van der Waals surface area contributed by atoms with Gasteiger partial charge in [-0.2, -0.15) is 0 Å². The quantitative estimate of drug-likeness (QED) is 0.920. The lowest BCUT2D eigenvalue weighted by atomic mass is 10.0. The van der Waals surface area contributed by atoms with Crippen LogP contribution in [0.4, 0.5) is 8.78 Å². The lowest BCUT2D eigenvalue weighted by Crippen LogP contribution is -2.08. The summed E-state index contributed by atoms with van der Waals surface area (Å²) in [6.07, 6.45) is -0.128. The van der Waals surface area contributed by atoms with Crippen LogP contribution < -0.4 is 4.74 Å². The summed E-state index contributed by atoms with van der Waals surface area (Å²) in [6.45, 7) is 0. The van der Waals surface area contributed by atoms with Gasteiger partial charge in [0.1, 0.15) is 24.1 Å². The molecule has 1 heterocycles. The third-order valence-corrected chi connectivity index (χ3v) is 2.67. The number of benzene rings is 1. The average molecular weight is 266 g/mol. The van der Waals surface area contributed by atoms with Crippen molar-refractivity contribution in [3.63, 3.8) is 0 Å². The molecule has 0 aliphatic rings. The van der Waals surface area contributed by atoms with Crippen molar-refractivity contribution in [3.8, 4) is 5.88 Å². The summed E-state index contributed by atoms with van der Waals surface area (Å²) >= 11 is 0. The molecule has 0 amide bonds. The highest BCUT2D eigenvalue weighted by molar-refractivity contribution is 5.23. The van der Waals surface area contributed by atoms with Gasteiger partial charge in [0.15, 0.2) is 0 Å². The standard InChI is InChI=1S/C13H12F2N2O2/c1-19-13-6-11(16-7-17-13)12(18)5-8-9(14)3-2-4-10(8)15/h2-4,6-7,12,18H,5H2,1H3. The SMILES string of the molecule is COc1cc(C(O)Cc2c(F)cccc2F)ncn1. The molecule has 1 aromatic heterocycles. The lowest BCUT2D eigenvalue weighted by Gasteiger charge is -2.11. The largest absolute Gasteiger partial charge is 0.481 e. The summed E-state index contributed by atoms with van der Waals surface area (Å²) in [4.78, 5) is 7.65. The first-order valence-electron chi connectivity index (χ1n) is 5.58. The first-order chi connectivity index (χ1) is 9.11. The molecule has 100 valence electrons. The van der Waals surface area contributed by atoms with Crippen LogP contribution >= 0.6 is 0 Å². The fraction of sp³-hybridized carbons (Fsp3) is 0.231. The van der Waals surface area contributed by atoms with E-state index in [9.17, 15) is 13.9 Å². The second-order valence-electron chi connectivity index (χ2n) is 3.91. The Balaban J connectivity index is 2.23. The van der Waals surface area contributed by atoms with E-state index < -0.39 is 17.7 Å². The van der Waals surface area contributed by atoms with Gasteiger partial charge in [0.25, 0.3) is 0 Å². The van der Waals surface area contributed by atoms with Crippen molar-refractivity contribution in [2.24, 2.45) is 0 Å². The summed E-state index contributed by atoms with van der Waals surface area (Å²) in [7, 11) is 1.43.